The molecule has 6 heteroatoms. The molecular formula is C15H22ClN3O2. The first kappa shape index (κ1) is 17.5. The van der Waals surface area contributed by atoms with Gasteiger partial charge in [-0.25, -0.2) is 0 Å². The zero-order chi connectivity index (χ0) is 14.5. The van der Waals surface area contributed by atoms with Gasteiger partial charge >= 0.3 is 0 Å². The maximum atomic E-state index is 12.3. The number of carbonyl (C=O) groups excluding carboxylic acids is 2. The molecule has 2 rings (SSSR count). The van der Waals surface area contributed by atoms with Crippen molar-refractivity contribution in [1.29, 1.82) is 0 Å². The summed E-state index contributed by atoms with van der Waals surface area (Å²) in [4.78, 5) is 23.8. The minimum absolute atomic E-state index is 0. The number of carbonyl (C=O) groups is 2. The van der Waals surface area contributed by atoms with Gasteiger partial charge in [-0.2, -0.15) is 0 Å². The maximum Gasteiger partial charge on any atom is 0.251 e. The predicted molar refractivity (Wildman–Crippen MR) is 85.0 cm³/mol. The molecule has 0 aliphatic carbocycles. The molecule has 3 N–H and O–H groups in total. The van der Waals surface area contributed by atoms with Crippen LogP contribution in [0.25, 0.3) is 0 Å². The Morgan fingerprint density at radius 2 is 1.90 bits per heavy atom. The highest BCUT2D eigenvalue weighted by molar-refractivity contribution is 5.99. The fourth-order valence-corrected chi connectivity index (χ4v) is 2.38. The molecule has 2 amide bonds. The monoisotopic (exact) mass is 311 g/mol. The largest absolute Gasteiger partial charge is 0.355 e. The summed E-state index contributed by atoms with van der Waals surface area (Å²) >= 11 is 0. The second kappa shape index (κ2) is 8.00. The quantitative estimate of drug-likeness (QED) is 0.785. The van der Waals surface area contributed by atoms with Gasteiger partial charge in [0, 0.05) is 30.8 Å². The van der Waals surface area contributed by atoms with E-state index in [1.54, 1.807) is 31.3 Å². The van der Waals surface area contributed by atoms with E-state index in [1.807, 2.05) is 0 Å². The van der Waals surface area contributed by atoms with Gasteiger partial charge in [0.1, 0.15) is 0 Å². The summed E-state index contributed by atoms with van der Waals surface area (Å²) in [7, 11) is 1.57. The molecule has 1 aliphatic heterocycles. The van der Waals surface area contributed by atoms with Crippen molar-refractivity contribution in [2.24, 2.45) is 5.92 Å². The fourth-order valence-electron chi connectivity index (χ4n) is 2.38. The number of piperidine rings is 1. The van der Waals surface area contributed by atoms with Crippen molar-refractivity contribution in [2.45, 2.75) is 19.4 Å². The first-order valence-corrected chi connectivity index (χ1v) is 6.95. The molecule has 116 valence electrons. The molecule has 1 heterocycles. The highest BCUT2D eigenvalue weighted by Crippen LogP contribution is 2.12. The summed E-state index contributed by atoms with van der Waals surface area (Å²) in [5.74, 6) is 0.144. The molecule has 21 heavy (non-hydrogen) atoms. The number of amides is 2. The minimum Gasteiger partial charge on any atom is -0.355 e. The van der Waals surface area contributed by atoms with Crippen molar-refractivity contribution < 1.29 is 9.59 Å². The van der Waals surface area contributed by atoms with Crippen molar-refractivity contribution >= 4 is 24.2 Å². The van der Waals surface area contributed by atoms with Crippen LogP contribution in [-0.2, 0) is 0 Å². The third-order valence-corrected chi connectivity index (χ3v) is 3.76. The topological polar surface area (TPSA) is 70.2 Å². The number of hydrogen-bond donors (Lipinski definition) is 3. The molecule has 1 aliphatic rings. The molecule has 2 atom stereocenters. The molecule has 5 nitrogen and oxygen atoms in total. The van der Waals surface area contributed by atoms with Crippen LogP contribution in [0.3, 0.4) is 0 Å². The second-order valence-electron chi connectivity index (χ2n) is 5.21. The van der Waals surface area contributed by atoms with E-state index in [-0.39, 0.29) is 30.3 Å². The van der Waals surface area contributed by atoms with Crippen molar-refractivity contribution in [3.05, 3.63) is 35.4 Å². The Morgan fingerprint density at radius 3 is 2.52 bits per heavy atom. The number of rotatable bonds is 3. The number of halogens is 1. The van der Waals surface area contributed by atoms with Gasteiger partial charge in [-0.1, -0.05) is 13.0 Å². The van der Waals surface area contributed by atoms with E-state index >= 15 is 0 Å². The van der Waals surface area contributed by atoms with Gasteiger partial charge in [0.25, 0.3) is 11.8 Å². The van der Waals surface area contributed by atoms with Gasteiger partial charge in [-0.05, 0) is 37.1 Å². The molecule has 0 radical (unpaired) electrons. The lowest BCUT2D eigenvalue weighted by Crippen LogP contribution is -2.50. The zero-order valence-electron chi connectivity index (χ0n) is 12.3. The summed E-state index contributed by atoms with van der Waals surface area (Å²) in [6, 6.07) is 6.90. The van der Waals surface area contributed by atoms with Gasteiger partial charge < -0.3 is 16.0 Å². The number of nitrogens with one attached hydrogen (secondary N) is 3. The van der Waals surface area contributed by atoms with Gasteiger partial charge in [-0.15, -0.1) is 12.4 Å². The Bertz CT molecular complexity index is 507. The highest BCUT2D eigenvalue weighted by Gasteiger charge is 2.23. The van der Waals surface area contributed by atoms with Crippen LogP contribution in [0.4, 0.5) is 0 Å². The first-order chi connectivity index (χ1) is 9.61. The van der Waals surface area contributed by atoms with E-state index in [2.05, 4.69) is 22.9 Å². The van der Waals surface area contributed by atoms with Crippen LogP contribution < -0.4 is 16.0 Å². The molecular weight excluding hydrogens is 290 g/mol. The lowest BCUT2D eigenvalue weighted by molar-refractivity contribution is 0.0915. The maximum absolute atomic E-state index is 12.3. The molecule has 2 unspecified atom stereocenters. The Morgan fingerprint density at radius 1 is 1.24 bits per heavy atom. The van der Waals surface area contributed by atoms with Crippen molar-refractivity contribution in [1.82, 2.24) is 16.0 Å². The Balaban J connectivity index is 0.00000220. The van der Waals surface area contributed by atoms with E-state index < -0.39 is 0 Å². The van der Waals surface area contributed by atoms with Crippen LogP contribution in [0.15, 0.2) is 24.3 Å². The molecule has 0 aromatic heterocycles. The van der Waals surface area contributed by atoms with E-state index in [9.17, 15) is 9.59 Å². The SMILES string of the molecule is CNC(=O)c1cccc(C(=O)NC2CNCCC2C)c1.Cl. The van der Waals surface area contributed by atoms with Gasteiger partial charge in [-0.3, -0.25) is 9.59 Å². The van der Waals surface area contributed by atoms with Gasteiger partial charge in [0.05, 0.1) is 0 Å². The summed E-state index contributed by atoms with van der Waals surface area (Å²) in [6.45, 7) is 3.94. The minimum atomic E-state index is -0.188. The molecule has 1 aromatic rings. The molecule has 0 bridgehead atoms. The third kappa shape index (κ3) is 4.44. The fraction of sp³-hybridized carbons (Fsp3) is 0.467. The lowest BCUT2D eigenvalue weighted by Gasteiger charge is -2.30. The lowest BCUT2D eigenvalue weighted by atomic mass is 9.94. The summed E-state index contributed by atoms with van der Waals surface area (Å²) < 4.78 is 0. The first-order valence-electron chi connectivity index (χ1n) is 6.95. The van der Waals surface area contributed by atoms with E-state index in [1.165, 1.54) is 0 Å². The average molecular weight is 312 g/mol. The number of hydrogen-bond acceptors (Lipinski definition) is 3. The van der Waals surface area contributed by atoms with Crippen molar-refractivity contribution in [3.8, 4) is 0 Å². The molecule has 1 aromatic carbocycles. The van der Waals surface area contributed by atoms with Crippen LogP contribution in [0, 0.1) is 5.92 Å². The van der Waals surface area contributed by atoms with Crippen LogP contribution in [0.5, 0.6) is 0 Å². The van der Waals surface area contributed by atoms with Crippen molar-refractivity contribution in [3.63, 3.8) is 0 Å². The van der Waals surface area contributed by atoms with Gasteiger partial charge in [0.2, 0.25) is 0 Å². The average Bonchev–Trinajstić information content (AvgIpc) is 2.49. The van der Waals surface area contributed by atoms with Crippen LogP contribution in [0.1, 0.15) is 34.1 Å². The highest BCUT2D eigenvalue weighted by atomic mass is 35.5. The molecule has 0 saturated carbocycles. The van der Waals surface area contributed by atoms with E-state index in [0.29, 0.717) is 17.0 Å². The Labute approximate surface area is 131 Å². The van der Waals surface area contributed by atoms with Gasteiger partial charge in [0.15, 0.2) is 0 Å². The Hall–Kier alpha value is -1.59. The number of benzene rings is 1. The van der Waals surface area contributed by atoms with Crippen LogP contribution in [-0.4, -0.2) is 38.0 Å². The normalized spacial score (nSPS) is 21.0. The van der Waals surface area contributed by atoms with Crippen LogP contribution >= 0.6 is 12.4 Å². The third-order valence-electron chi connectivity index (χ3n) is 3.76. The van der Waals surface area contributed by atoms with E-state index in [0.717, 1.165) is 19.5 Å². The predicted octanol–water partition coefficient (Wildman–Crippen LogP) is 1.20. The zero-order valence-corrected chi connectivity index (χ0v) is 13.1. The smallest absolute Gasteiger partial charge is 0.251 e. The standard InChI is InChI=1S/C15H21N3O2.ClH/c1-10-6-7-17-9-13(10)18-15(20)12-5-3-4-11(8-12)14(19)16-2;/h3-5,8,10,13,17H,6-7,9H2,1-2H3,(H,16,19)(H,18,20);1H. The Kier molecular flexibility index (Phi) is 6.65. The molecule has 0 spiro atoms. The second-order valence-corrected chi connectivity index (χ2v) is 5.21. The van der Waals surface area contributed by atoms with Crippen molar-refractivity contribution in [2.75, 3.05) is 20.1 Å². The van der Waals surface area contributed by atoms with E-state index in [4.69, 9.17) is 0 Å². The summed E-state index contributed by atoms with van der Waals surface area (Å²) in [5, 5.41) is 8.87. The summed E-state index contributed by atoms with van der Waals surface area (Å²) in [6.07, 6.45) is 1.06. The molecule has 1 saturated heterocycles. The van der Waals surface area contributed by atoms with Crippen LogP contribution in [0.2, 0.25) is 0 Å². The molecule has 1 fully saturated rings. The summed E-state index contributed by atoms with van der Waals surface area (Å²) in [5.41, 5.74) is 1.01.